The van der Waals surface area contributed by atoms with E-state index in [9.17, 15) is 9.59 Å². The van der Waals surface area contributed by atoms with Gasteiger partial charge in [-0.15, -0.1) is 0 Å². The molecule has 0 radical (unpaired) electrons. The highest BCUT2D eigenvalue weighted by Crippen LogP contribution is 2.32. The molecule has 1 heterocycles. The second kappa shape index (κ2) is 6.87. The van der Waals surface area contributed by atoms with Crippen LogP contribution in [0.25, 0.3) is 0 Å². The highest BCUT2D eigenvalue weighted by Gasteiger charge is 2.36. The molecule has 3 rings (SSSR count). The average molecular weight is 323 g/mol. The van der Waals surface area contributed by atoms with Gasteiger partial charge in [-0.2, -0.15) is 0 Å². The highest BCUT2D eigenvalue weighted by molar-refractivity contribution is 6.52. The molecule has 0 aliphatic carbocycles. The fourth-order valence-electron chi connectivity index (χ4n) is 3.02. The quantitative estimate of drug-likeness (QED) is 0.601. The first-order chi connectivity index (χ1) is 11.6. The van der Waals surface area contributed by atoms with Gasteiger partial charge in [0.2, 0.25) is 0 Å². The molecule has 24 heavy (non-hydrogen) atoms. The van der Waals surface area contributed by atoms with Crippen molar-refractivity contribution in [3.05, 3.63) is 59.2 Å². The van der Waals surface area contributed by atoms with Crippen LogP contribution in [0, 0.1) is 13.8 Å². The number of benzene rings is 2. The summed E-state index contributed by atoms with van der Waals surface area (Å²) in [6.45, 7) is 5.10. The summed E-state index contributed by atoms with van der Waals surface area (Å²) in [5, 5.41) is 0. The normalized spacial score (nSPS) is 13.3. The smallest absolute Gasteiger partial charge is 0.299 e. The van der Waals surface area contributed by atoms with Crippen LogP contribution in [-0.2, 0) is 4.79 Å². The molecule has 4 nitrogen and oxygen atoms in total. The molecule has 1 aliphatic heterocycles. The monoisotopic (exact) mass is 323 g/mol. The number of amides is 1. The Balaban J connectivity index is 1.54. The van der Waals surface area contributed by atoms with E-state index in [1.165, 1.54) is 5.56 Å². The molecule has 0 bridgehead atoms. The molecule has 1 amide bonds. The first-order valence-corrected chi connectivity index (χ1v) is 8.23. The van der Waals surface area contributed by atoms with E-state index < -0.39 is 11.7 Å². The van der Waals surface area contributed by atoms with Gasteiger partial charge in [-0.3, -0.25) is 9.59 Å². The summed E-state index contributed by atoms with van der Waals surface area (Å²) in [7, 11) is 0. The molecule has 0 atom stereocenters. The number of ether oxygens (including phenoxy) is 1. The van der Waals surface area contributed by atoms with Gasteiger partial charge in [0.1, 0.15) is 5.75 Å². The lowest BCUT2D eigenvalue weighted by atomic mass is 10.1. The molecule has 0 N–H and O–H groups in total. The number of rotatable bonds is 6. The average Bonchev–Trinajstić information content (AvgIpc) is 2.81. The van der Waals surface area contributed by atoms with Gasteiger partial charge in [0.15, 0.2) is 0 Å². The Morgan fingerprint density at radius 1 is 1.00 bits per heavy atom. The van der Waals surface area contributed by atoms with Crippen LogP contribution >= 0.6 is 0 Å². The zero-order valence-corrected chi connectivity index (χ0v) is 14.0. The summed E-state index contributed by atoms with van der Waals surface area (Å²) < 4.78 is 5.72. The summed E-state index contributed by atoms with van der Waals surface area (Å²) in [6, 6.07) is 13.4. The summed E-state index contributed by atoms with van der Waals surface area (Å²) >= 11 is 0. The van der Waals surface area contributed by atoms with Crippen molar-refractivity contribution in [1.82, 2.24) is 0 Å². The second-order valence-electron chi connectivity index (χ2n) is 6.13. The zero-order chi connectivity index (χ0) is 17.1. The van der Waals surface area contributed by atoms with E-state index in [0.717, 1.165) is 29.8 Å². The van der Waals surface area contributed by atoms with Crippen LogP contribution in [0.15, 0.2) is 42.5 Å². The van der Waals surface area contributed by atoms with E-state index >= 15 is 0 Å². The standard InChI is InChI=1S/C20H21NO3/c1-14-7-5-9-16(13-14)24-12-4-3-11-21-18-15(2)8-6-10-17(18)19(22)20(21)23/h5-10,13H,3-4,11-12H2,1-2H3. The Morgan fingerprint density at radius 2 is 1.79 bits per heavy atom. The number of Topliss-reactive ketones (excluding diaryl/α,β-unsaturated/α-hetero) is 1. The maximum Gasteiger partial charge on any atom is 0.299 e. The van der Waals surface area contributed by atoms with Gasteiger partial charge >= 0.3 is 0 Å². The predicted octanol–water partition coefficient (Wildman–Crippen LogP) is 3.69. The molecule has 2 aromatic carbocycles. The number of hydrogen-bond donors (Lipinski definition) is 0. The van der Waals surface area contributed by atoms with Crippen LogP contribution in [0.2, 0.25) is 0 Å². The van der Waals surface area contributed by atoms with Crippen LogP contribution in [0.1, 0.15) is 34.3 Å². The van der Waals surface area contributed by atoms with Gasteiger partial charge in [0, 0.05) is 6.54 Å². The van der Waals surface area contributed by atoms with E-state index in [4.69, 9.17) is 4.74 Å². The Bertz CT molecular complexity index is 782. The molecule has 0 saturated heterocycles. The first kappa shape index (κ1) is 16.2. The Morgan fingerprint density at radius 3 is 2.58 bits per heavy atom. The number of ketones is 1. The van der Waals surface area contributed by atoms with E-state index in [-0.39, 0.29) is 0 Å². The summed E-state index contributed by atoms with van der Waals surface area (Å²) in [5.74, 6) is 0.0484. The Hall–Kier alpha value is -2.62. The lowest BCUT2D eigenvalue weighted by Gasteiger charge is -2.18. The number of anilines is 1. The van der Waals surface area contributed by atoms with Gasteiger partial charge < -0.3 is 9.64 Å². The minimum Gasteiger partial charge on any atom is -0.494 e. The third kappa shape index (κ3) is 3.18. The van der Waals surface area contributed by atoms with Crippen molar-refractivity contribution >= 4 is 17.4 Å². The Labute approximate surface area is 142 Å². The lowest BCUT2D eigenvalue weighted by Crippen LogP contribution is -2.31. The molecule has 0 fully saturated rings. The number of aryl methyl sites for hydroxylation is 2. The molecule has 0 saturated carbocycles. The van der Waals surface area contributed by atoms with Crippen molar-refractivity contribution < 1.29 is 14.3 Å². The molecular weight excluding hydrogens is 302 g/mol. The molecular formula is C20H21NO3. The van der Waals surface area contributed by atoms with Gasteiger partial charge in [0.25, 0.3) is 11.7 Å². The van der Waals surface area contributed by atoms with Crippen LogP contribution in [-0.4, -0.2) is 24.8 Å². The van der Waals surface area contributed by atoms with Gasteiger partial charge in [-0.1, -0.05) is 24.3 Å². The van der Waals surface area contributed by atoms with Crippen molar-refractivity contribution in [2.75, 3.05) is 18.1 Å². The Kier molecular flexibility index (Phi) is 4.65. The maximum atomic E-state index is 12.2. The van der Waals surface area contributed by atoms with Crippen LogP contribution < -0.4 is 9.64 Å². The minimum absolute atomic E-state index is 0.398. The number of fused-ring (bicyclic) bond motifs is 1. The minimum atomic E-state index is -0.418. The molecule has 0 unspecified atom stereocenters. The van der Waals surface area contributed by atoms with Crippen LogP contribution in [0.5, 0.6) is 5.75 Å². The third-order valence-electron chi connectivity index (χ3n) is 4.23. The van der Waals surface area contributed by atoms with Gasteiger partial charge in [0.05, 0.1) is 17.9 Å². The van der Waals surface area contributed by atoms with E-state index in [0.29, 0.717) is 18.7 Å². The third-order valence-corrected chi connectivity index (χ3v) is 4.23. The topological polar surface area (TPSA) is 46.6 Å². The van der Waals surface area contributed by atoms with E-state index in [1.807, 2.05) is 50.2 Å². The largest absolute Gasteiger partial charge is 0.494 e. The number of carbonyl (C=O) groups is 2. The van der Waals surface area contributed by atoms with Crippen molar-refractivity contribution in [1.29, 1.82) is 0 Å². The summed E-state index contributed by atoms with van der Waals surface area (Å²) in [5.41, 5.74) is 3.42. The fraction of sp³-hybridized carbons (Fsp3) is 0.300. The van der Waals surface area contributed by atoms with E-state index in [2.05, 4.69) is 0 Å². The molecule has 0 spiro atoms. The SMILES string of the molecule is Cc1cccc(OCCCCN2C(=O)C(=O)c3cccc(C)c32)c1. The van der Waals surface area contributed by atoms with Crippen LogP contribution in [0.4, 0.5) is 5.69 Å². The molecule has 1 aliphatic rings. The van der Waals surface area contributed by atoms with Gasteiger partial charge in [-0.05, 0) is 56.0 Å². The molecule has 2 aromatic rings. The fourth-order valence-corrected chi connectivity index (χ4v) is 3.02. The second-order valence-corrected chi connectivity index (χ2v) is 6.13. The summed E-state index contributed by atoms with van der Waals surface area (Å²) in [6.07, 6.45) is 1.62. The highest BCUT2D eigenvalue weighted by atomic mass is 16.5. The molecule has 4 heteroatoms. The van der Waals surface area contributed by atoms with Gasteiger partial charge in [-0.25, -0.2) is 0 Å². The van der Waals surface area contributed by atoms with E-state index in [1.54, 1.807) is 11.0 Å². The number of nitrogens with zero attached hydrogens (tertiary/aromatic N) is 1. The van der Waals surface area contributed by atoms with Crippen molar-refractivity contribution in [2.45, 2.75) is 26.7 Å². The van der Waals surface area contributed by atoms with Crippen LogP contribution in [0.3, 0.4) is 0 Å². The number of unbranched alkanes of at least 4 members (excludes halogenated alkanes) is 1. The number of hydrogen-bond acceptors (Lipinski definition) is 3. The molecule has 0 aromatic heterocycles. The van der Waals surface area contributed by atoms with Crippen molar-refractivity contribution in [2.24, 2.45) is 0 Å². The predicted molar refractivity (Wildman–Crippen MR) is 93.8 cm³/mol. The zero-order valence-electron chi connectivity index (χ0n) is 14.0. The van der Waals surface area contributed by atoms with Crippen molar-refractivity contribution in [3.63, 3.8) is 0 Å². The van der Waals surface area contributed by atoms with Crippen molar-refractivity contribution in [3.8, 4) is 5.75 Å². The lowest BCUT2D eigenvalue weighted by molar-refractivity contribution is -0.114. The number of carbonyl (C=O) groups excluding carboxylic acids is 2. The summed E-state index contributed by atoms with van der Waals surface area (Å²) in [4.78, 5) is 25.8. The molecule has 124 valence electrons. The first-order valence-electron chi connectivity index (χ1n) is 8.23. The number of para-hydroxylation sites is 1. The maximum absolute atomic E-state index is 12.2.